The molecule has 1 saturated heterocycles. The monoisotopic (exact) mass is 483 g/mol. The van der Waals surface area contributed by atoms with Crippen molar-refractivity contribution in [3.05, 3.63) is 0 Å². The number of carbonyl (C=O) groups is 4. The summed E-state index contributed by atoms with van der Waals surface area (Å²) in [4.78, 5) is 52.2. The minimum Gasteiger partial charge on any atom is -0.467 e. The summed E-state index contributed by atoms with van der Waals surface area (Å²) in [7, 11) is 1.22. The molecule has 0 bridgehead atoms. The number of alkyl carbamates (subject to hydrolysis) is 1. The van der Waals surface area contributed by atoms with Crippen LogP contribution in [0.4, 0.5) is 4.79 Å². The van der Waals surface area contributed by atoms with Crippen molar-refractivity contribution in [3.63, 3.8) is 0 Å². The lowest BCUT2D eigenvalue weighted by Gasteiger charge is -2.30. The van der Waals surface area contributed by atoms with Crippen molar-refractivity contribution < 1.29 is 33.4 Å². The van der Waals surface area contributed by atoms with Crippen molar-refractivity contribution in [2.24, 2.45) is 11.8 Å². The molecule has 0 radical (unpaired) electrons. The van der Waals surface area contributed by atoms with E-state index in [-0.39, 0.29) is 24.8 Å². The predicted octanol–water partition coefficient (Wildman–Crippen LogP) is 2.00. The first-order valence-electron chi connectivity index (χ1n) is 12.3. The zero-order chi connectivity index (χ0) is 25.1. The minimum atomic E-state index is -1.09. The largest absolute Gasteiger partial charge is 0.467 e. The van der Waals surface area contributed by atoms with Crippen LogP contribution in [-0.2, 0) is 28.6 Å². The molecule has 0 aromatic heterocycles. The number of rotatable bonds is 9. The first-order valence-corrected chi connectivity index (χ1v) is 12.3. The highest BCUT2D eigenvalue weighted by atomic mass is 16.6. The van der Waals surface area contributed by atoms with Crippen LogP contribution in [0.5, 0.6) is 0 Å². The number of hydrogen-bond donors (Lipinski definition) is 2. The number of nitrogens with zero attached hydrogens (tertiary/aromatic N) is 1. The van der Waals surface area contributed by atoms with Crippen molar-refractivity contribution in [3.8, 4) is 0 Å². The van der Waals surface area contributed by atoms with Gasteiger partial charge in [0.2, 0.25) is 11.8 Å². The lowest BCUT2D eigenvalue weighted by Crippen LogP contribution is -2.51. The highest BCUT2D eigenvalue weighted by Crippen LogP contribution is 2.30. The van der Waals surface area contributed by atoms with Crippen molar-refractivity contribution in [1.82, 2.24) is 15.5 Å². The number of amides is 3. The molecule has 1 heterocycles. The van der Waals surface area contributed by atoms with Gasteiger partial charge in [0.05, 0.1) is 26.9 Å². The van der Waals surface area contributed by atoms with Gasteiger partial charge in [0.25, 0.3) is 0 Å². The maximum Gasteiger partial charge on any atom is 0.407 e. The van der Waals surface area contributed by atoms with Crippen LogP contribution in [0.3, 0.4) is 0 Å². The van der Waals surface area contributed by atoms with Gasteiger partial charge in [-0.2, -0.15) is 0 Å². The molecule has 0 spiro atoms. The van der Waals surface area contributed by atoms with Gasteiger partial charge in [0.1, 0.15) is 11.6 Å². The SMILES string of the molecule is COC(=O)[C@H](CNC(=O)OC(C)(C)C)NC(=O)C(CC(=O)N1CCOCC1)CC1CCCCC1. The van der Waals surface area contributed by atoms with E-state index in [0.29, 0.717) is 38.6 Å². The van der Waals surface area contributed by atoms with Crippen molar-refractivity contribution in [2.75, 3.05) is 40.0 Å². The molecule has 2 rings (SSSR count). The second kappa shape index (κ2) is 13.5. The minimum absolute atomic E-state index is 0.0791. The Bertz CT molecular complexity index is 695. The van der Waals surface area contributed by atoms with Gasteiger partial charge in [-0.1, -0.05) is 32.1 Å². The van der Waals surface area contributed by atoms with E-state index in [0.717, 1.165) is 25.7 Å². The maximum atomic E-state index is 13.3. The number of hydrogen-bond acceptors (Lipinski definition) is 7. The Balaban J connectivity index is 2.04. The molecule has 3 amide bonds. The third kappa shape index (κ3) is 9.87. The Morgan fingerprint density at radius 2 is 1.71 bits per heavy atom. The Kier molecular flexibility index (Phi) is 11.1. The fourth-order valence-electron chi connectivity index (χ4n) is 4.39. The van der Waals surface area contributed by atoms with E-state index in [1.807, 2.05) is 0 Å². The second-order valence-electron chi connectivity index (χ2n) is 10.1. The molecule has 2 aliphatic rings. The first kappa shape index (κ1) is 27.9. The predicted molar refractivity (Wildman–Crippen MR) is 125 cm³/mol. The summed E-state index contributed by atoms with van der Waals surface area (Å²) in [6.07, 6.45) is 5.50. The fraction of sp³-hybridized carbons (Fsp3) is 0.833. The molecule has 10 nitrogen and oxygen atoms in total. The molecule has 34 heavy (non-hydrogen) atoms. The Labute approximate surface area is 202 Å². The zero-order valence-corrected chi connectivity index (χ0v) is 21.0. The molecule has 1 unspecified atom stereocenters. The normalized spacial score (nSPS) is 19.0. The van der Waals surface area contributed by atoms with Crippen molar-refractivity contribution >= 4 is 23.9 Å². The zero-order valence-electron chi connectivity index (χ0n) is 21.0. The standard InChI is InChI=1S/C24H41N3O7/c1-24(2,3)34-23(31)25-16-19(22(30)32-4)26-21(29)18(14-17-8-6-5-7-9-17)15-20(28)27-10-12-33-13-11-27/h17-19H,5-16H2,1-4H3,(H,25,31)(H,26,29)/t18?,19-/m0/s1. The van der Waals surface area contributed by atoms with Crippen LogP contribution in [0.25, 0.3) is 0 Å². The Hall–Kier alpha value is -2.36. The molecular weight excluding hydrogens is 442 g/mol. The topological polar surface area (TPSA) is 123 Å². The summed E-state index contributed by atoms with van der Waals surface area (Å²) in [5.41, 5.74) is -0.695. The lowest BCUT2D eigenvalue weighted by atomic mass is 9.81. The van der Waals surface area contributed by atoms with Crippen LogP contribution in [-0.4, -0.2) is 80.4 Å². The van der Waals surface area contributed by atoms with Crippen LogP contribution in [0.15, 0.2) is 0 Å². The van der Waals surface area contributed by atoms with Gasteiger partial charge >= 0.3 is 12.1 Å². The summed E-state index contributed by atoms with van der Waals surface area (Å²) in [6, 6.07) is -1.09. The van der Waals surface area contributed by atoms with Gasteiger partial charge in [-0.25, -0.2) is 9.59 Å². The molecule has 1 aliphatic carbocycles. The number of morpholine rings is 1. The second-order valence-corrected chi connectivity index (χ2v) is 10.1. The molecule has 1 saturated carbocycles. The number of esters is 1. The van der Waals surface area contributed by atoms with Crippen LogP contribution in [0.1, 0.15) is 65.7 Å². The van der Waals surface area contributed by atoms with Gasteiger partial charge in [0, 0.05) is 25.4 Å². The number of methoxy groups -OCH3 is 1. The van der Waals surface area contributed by atoms with E-state index < -0.39 is 29.6 Å². The highest BCUT2D eigenvalue weighted by molar-refractivity contribution is 5.89. The van der Waals surface area contributed by atoms with Crippen LogP contribution >= 0.6 is 0 Å². The van der Waals surface area contributed by atoms with E-state index in [1.165, 1.54) is 13.5 Å². The number of nitrogens with one attached hydrogen (secondary N) is 2. The lowest BCUT2D eigenvalue weighted by molar-refractivity contribution is -0.146. The van der Waals surface area contributed by atoms with Gasteiger partial charge in [-0.15, -0.1) is 0 Å². The molecule has 2 atom stereocenters. The van der Waals surface area contributed by atoms with E-state index >= 15 is 0 Å². The highest BCUT2D eigenvalue weighted by Gasteiger charge is 2.32. The van der Waals surface area contributed by atoms with Gasteiger partial charge < -0.3 is 29.7 Å². The third-order valence-electron chi connectivity index (χ3n) is 6.15. The third-order valence-corrected chi connectivity index (χ3v) is 6.15. The van der Waals surface area contributed by atoms with E-state index in [1.54, 1.807) is 25.7 Å². The molecule has 194 valence electrons. The summed E-state index contributed by atoms with van der Waals surface area (Å²) >= 11 is 0. The average Bonchev–Trinajstić information content (AvgIpc) is 2.80. The van der Waals surface area contributed by atoms with Gasteiger partial charge in [0.15, 0.2) is 0 Å². The average molecular weight is 484 g/mol. The maximum absolute atomic E-state index is 13.3. The number of ether oxygens (including phenoxy) is 3. The molecule has 2 fully saturated rings. The van der Waals surface area contributed by atoms with E-state index in [2.05, 4.69) is 10.6 Å². The van der Waals surface area contributed by atoms with E-state index in [4.69, 9.17) is 14.2 Å². The molecule has 10 heteroatoms. The molecular formula is C24H41N3O7. The van der Waals surface area contributed by atoms with Crippen molar-refractivity contribution in [2.45, 2.75) is 77.4 Å². The van der Waals surface area contributed by atoms with E-state index in [9.17, 15) is 19.2 Å². The molecule has 0 aromatic rings. The molecule has 2 N–H and O–H groups in total. The Morgan fingerprint density at radius 3 is 2.29 bits per heavy atom. The molecule has 0 aromatic carbocycles. The van der Waals surface area contributed by atoms with Gasteiger partial charge in [-0.05, 0) is 33.1 Å². The smallest absolute Gasteiger partial charge is 0.407 e. The summed E-state index contributed by atoms with van der Waals surface area (Å²) in [5, 5.41) is 5.21. The molecule has 1 aliphatic heterocycles. The number of carbonyl (C=O) groups excluding carboxylic acids is 4. The van der Waals surface area contributed by atoms with Crippen LogP contribution < -0.4 is 10.6 Å². The summed E-state index contributed by atoms with van der Waals surface area (Å²) < 4.78 is 15.3. The summed E-state index contributed by atoms with van der Waals surface area (Å²) in [6.45, 7) is 7.02. The fourth-order valence-corrected chi connectivity index (χ4v) is 4.39. The van der Waals surface area contributed by atoms with Crippen molar-refractivity contribution in [1.29, 1.82) is 0 Å². The van der Waals surface area contributed by atoms with Crippen LogP contribution in [0.2, 0.25) is 0 Å². The van der Waals surface area contributed by atoms with Crippen LogP contribution in [0, 0.1) is 11.8 Å². The van der Waals surface area contributed by atoms with Gasteiger partial charge in [-0.3, -0.25) is 9.59 Å². The summed E-state index contributed by atoms with van der Waals surface area (Å²) in [5.74, 6) is -1.33. The Morgan fingerprint density at radius 1 is 1.06 bits per heavy atom. The first-order chi connectivity index (χ1) is 16.1. The quantitative estimate of drug-likeness (QED) is 0.481.